The van der Waals surface area contributed by atoms with E-state index in [9.17, 15) is 9.59 Å². The standard InChI is InChI=1S/C15H16N2O4S/c1-10(15(19)20)16-13(18)9-22-8-12-7-21-14(17-12)11-5-3-2-4-6-11/h2-7,10H,8-9H2,1H3,(H,16,18)(H,19,20)/t10-/m0/s1. The lowest BCUT2D eigenvalue weighted by molar-refractivity contribution is -0.140. The maximum absolute atomic E-state index is 11.5. The molecule has 2 rings (SSSR count). The molecule has 0 aliphatic rings. The lowest BCUT2D eigenvalue weighted by Gasteiger charge is -2.08. The third kappa shape index (κ3) is 4.63. The number of aromatic nitrogens is 1. The maximum atomic E-state index is 11.5. The van der Waals surface area contributed by atoms with E-state index in [1.807, 2.05) is 30.3 Å². The first-order valence-corrected chi connectivity index (χ1v) is 7.81. The molecule has 1 aromatic heterocycles. The summed E-state index contributed by atoms with van der Waals surface area (Å²) < 4.78 is 5.40. The molecule has 2 aromatic rings. The van der Waals surface area contributed by atoms with E-state index in [1.54, 1.807) is 6.26 Å². The average Bonchev–Trinajstić information content (AvgIpc) is 2.97. The molecule has 116 valence electrons. The van der Waals surface area contributed by atoms with Gasteiger partial charge in [0, 0.05) is 11.3 Å². The minimum absolute atomic E-state index is 0.172. The Labute approximate surface area is 131 Å². The van der Waals surface area contributed by atoms with Crippen LogP contribution in [0.5, 0.6) is 0 Å². The van der Waals surface area contributed by atoms with Gasteiger partial charge in [-0.1, -0.05) is 18.2 Å². The second-order valence-electron chi connectivity index (χ2n) is 4.63. The van der Waals surface area contributed by atoms with Crippen molar-refractivity contribution in [3.63, 3.8) is 0 Å². The lowest BCUT2D eigenvalue weighted by atomic mass is 10.2. The van der Waals surface area contributed by atoms with E-state index in [-0.39, 0.29) is 11.7 Å². The number of rotatable bonds is 7. The molecule has 0 saturated carbocycles. The molecule has 0 spiro atoms. The molecule has 0 radical (unpaired) electrons. The van der Waals surface area contributed by atoms with Gasteiger partial charge in [0.05, 0.1) is 11.4 Å². The van der Waals surface area contributed by atoms with Crippen LogP contribution in [-0.4, -0.2) is 33.8 Å². The maximum Gasteiger partial charge on any atom is 0.325 e. The van der Waals surface area contributed by atoms with Gasteiger partial charge >= 0.3 is 5.97 Å². The molecule has 6 nitrogen and oxygen atoms in total. The molecule has 0 fully saturated rings. The van der Waals surface area contributed by atoms with E-state index in [1.165, 1.54) is 18.7 Å². The monoisotopic (exact) mass is 320 g/mol. The van der Waals surface area contributed by atoms with Gasteiger partial charge in [0.25, 0.3) is 0 Å². The highest BCUT2D eigenvalue weighted by atomic mass is 32.2. The number of hydrogen-bond acceptors (Lipinski definition) is 5. The Bertz CT molecular complexity index is 642. The summed E-state index contributed by atoms with van der Waals surface area (Å²) in [6, 6.07) is 8.65. The fourth-order valence-electron chi connectivity index (χ4n) is 1.68. The van der Waals surface area contributed by atoms with Crippen LogP contribution in [0, 0.1) is 0 Å². The highest BCUT2D eigenvalue weighted by Gasteiger charge is 2.14. The van der Waals surface area contributed by atoms with Crippen molar-refractivity contribution in [2.75, 3.05) is 5.75 Å². The fourth-order valence-corrected chi connectivity index (χ4v) is 2.39. The number of carbonyl (C=O) groups is 2. The van der Waals surface area contributed by atoms with Gasteiger partial charge in [0.1, 0.15) is 12.3 Å². The molecule has 1 aromatic carbocycles. The van der Waals surface area contributed by atoms with Crippen molar-refractivity contribution in [1.29, 1.82) is 0 Å². The quantitative estimate of drug-likeness (QED) is 0.812. The molecule has 0 aliphatic heterocycles. The van der Waals surface area contributed by atoms with Crippen molar-refractivity contribution in [1.82, 2.24) is 10.3 Å². The Kier molecular flexibility index (Phi) is 5.60. The van der Waals surface area contributed by atoms with Gasteiger partial charge in [-0.2, -0.15) is 0 Å². The topological polar surface area (TPSA) is 92.4 Å². The van der Waals surface area contributed by atoms with Crippen LogP contribution in [0.25, 0.3) is 11.5 Å². The number of carboxylic acid groups (broad SMARTS) is 1. The van der Waals surface area contributed by atoms with Gasteiger partial charge in [-0.15, -0.1) is 11.8 Å². The number of nitrogens with one attached hydrogen (secondary N) is 1. The second-order valence-corrected chi connectivity index (χ2v) is 5.62. The van der Waals surface area contributed by atoms with Crippen molar-refractivity contribution in [3.8, 4) is 11.5 Å². The van der Waals surface area contributed by atoms with Crippen LogP contribution in [0.15, 0.2) is 41.0 Å². The van der Waals surface area contributed by atoms with Crippen molar-refractivity contribution in [2.24, 2.45) is 0 Å². The van der Waals surface area contributed by atoms with E-state index in [0.717, 1.165) is 11.3 Å². The van der Waals surface area contributed by atoms with Gasteiger partial charge in [0.2, 0.25) is 11.8 Å². The molecule has 1 heterocycles. The minimum atomic E-state index is -1.05. The predicted octanol–water partition coefficient (Wildman–Crippen LogP) is 2.16. The van der Waals surface area contributed by atoms with E-state index < -0.39 is 12.0 Å². The lowest BCUT2D eigenvalue weighted by Crippen LogP contribution is -2.39. The summed E-state index contributed by atoms with van der Waals surface area (Å²) in [5.74, 6) is -0.134. The third-order valence-electron chi connectivity index (χ3n) is 2.80. The Morgan fingerprint density at radius 1 is 1.36 bits per heavy atom. The van der Waals surface area contributed by atoms with Crippen LogP contribution < -0.4 is 5.32 Å². The number of amides is 1. The molecule has 0 aliphatic carbocycles. The summed E-state index contributed by atoms with van der Waals surface area (Å²) in [7, 11) is 0. The van der Waals surface area contributed by atoms with Gasteiger partial charge in [0.15, 0.2) is 0 Å². The van der Waals surface area contributed by atoms with Crippen LogP contribution in [0.2, 0.25) is 0 Å². The SMILES string of the molecule is C[C@H](NC(=O)CSCc1coc(-c2ccccc2)n1)C(=O)O. The number of benzene rings is 1. The summed E-state index contributed by atoms with van der Waals surface area (Å²) in [4.78, 5) is 26.5. The summed E-state index contributed by atoms with van der Waals surface area (Å²) in [5, 5.41) is 11.1. The first-order chi connectivity index (χ1) is 10.6. The molecular formula is C15H16N2O4S. The number of nitrogens with zero attached hydrogens (tertiary/aromatic N) is 1. The molecule has 7 heteroatoms. The van der Waals surface area contributed by atoms with Gasteiger partial charge < -0.3 is 14.8 Å². The van der Waals surface area contributed by atoms with E-state index in [0.29, 0.717) is 11.6 Å². The number of aliphatic carboxylic acids is 1. The predicted molar refractivity (Wildman–Crippen MR) is 83.3 cm³/mol. The van der Waals surface area contributed by atoms with Crippen LogP contribution in [0.1, 0.15) is 12.6 Å². The van der Waals surface area contributed by atoms with Crippen molar-refractivity contribution in [2.45, 2.75) is 18.7 Å². The van der Waals surface area contributed by atoms with Crippen LogP contribution >= 0.6 is 11.8 Å². The zero-order chi connectivity index (χ0) is 15.9. The van der Waals surface area contributed by atoms with Gasteiger partial charge in [-0.3, -0.25) is 9.59 Å². The molecule has 1 atom stereocenters. The third-order valence-corrected chi connectivity index (χ3v) is 3.77. The Hall–Kier alpha value is -2.28. The molecule has 22 heavy (non-hydrogen) atoms. The minimum Gasteiger partial charge on any atom is -0.480 e. The van der Waals surface area contributed by atoms with E-state index in [4.69, 9.17) is 9.52 Å². The molecular weight excluding hydrogens is 304 g/mol. The van der Waals surface area contributed by atoms with Crippen molar-refractivity contribution in [3.05, 3.63) is 42.3 Å². The Morgan fingerprint density at radius 2 is 2.09 bits per heavy atom. The first-order valence-electron chi connectivity index (χ1n) is 6.66. The first kappa shape index (κ1) is 16.1. The molecule has 0 unspecified atom stereocenters. The van der Waals surface area contributed by atoms with Crippen molar-refractivity contribution >= 4 is 23.6 Å². The zero-order valence-electron chi connectivity index (χ0n) is 12.0. The van der Waals surface area contributed by atoms with Crippen LogP contribution in [-0.2, 0) is 15.3 Å². The Morgan fingerprint density at radius 3 is 2.77 bits per heavy atom. The number of oxazole rings is 1. The summed E-state index contributed by atoms with van der Waals surface area (Å²) in [6.07, 6.45) is 1.56. The van der Waals surface area contributed by atoms with Gasteiger partial charge in [-0.25, -0.2) is 4.98 Å². The zero-order valence-corrected chi connectivity index (χ0v) is 12.8. The smallest absolute Gasteiger partial charge is 0.325 e. The number of thioether (sulfide) groups is 1. The van der Waals surface area contributed by atoms with Crippen molar-refractivity contribution < 1.29 is 19.1 Å². The van der Waals surface area contributed by atoms with Gasteiger partial charge in [-0.05, 0) is 19.1 Å². The fraction of sp³-hybridized carbons (Fsp3) is 0.267. The largest absolute Gasteiger partial charge is 0.480 e. The van der Waals surface area contributed by atoms with E-state index in [2.05, 4.69) is 10.3 Å². The molecule has 0 saturated heterocycles. The normalized spacial score (nSPS) is 11.9. The number of carboxylic acids is 1. The molecule has 0 bridgehead atoms. The number of carbonyl (C=O) groups excluding carboxylic acids is 1. The highest BCUT2D eigenvalue weighted by molar-refractivity contribution is 7.99. The second kappa shape index (κ2) is 7.65. The van der Waals surface area contributed by atoms with Crippen LogP contribution in [0.3, 0.4) is 0 Å². The van der Waals surface area contributed by atoms with Crippen LogP contribution in [0.4, 0.5) is 0 Å². The Balaban J connectivity index is 1.80. The summed E-state index contributed by atoms with van der Waals surface area (Å²) >= 11 is 1.35. The molecule has 1 amide bonds. The highest BCUT2D eigenvalue weighted by Crippen LogP contribution is 2.20. The summed E-state index contributed by atoms with van der Waals surface area (Å²) in [5.41, 5.74) is 1.63. The average molecular weight is 320 g/mol. The van der Waals surface area contributed by atoms with E-state index >= 15 is 0 Å². The summed E-state index contributed by atoms with van der Waals surface area (Å²) in [6.45, 7) is 1.43. The molecule has 2 N–H and O–H groups in total. The number of hydrogen-bond donors (Lipinski definition) is 2.